The van der Waals surface area contributed by atoms with Crippen LogP contribution in [0.25, 0.3) is 0 Å². The second-order valence-electron chi connectivity index (χ2n) is 3.50. The van der Waals surface area contributed by atoms with Gasteiger partial charge in [-0.2, -0.15) is 4.39 Å². The van der Waals surface area contributed by atoms with E-state index in [1.165, 1.54) is 12.3 Å². The van der Waals surface area contributed by atoms with Crippen LogP contribution in [0.2, 0.25) is 0 Å². The summed E-state index contributed by atoms with van der Waals surface area (Å²) in [6, 6.07) is 1.32. The van der Waals surface area contributed by atoms with Gasteiger partial charge in [-0.1, -0.05) is 0 Å². The van der Waals surface area contributed by atoms with Crippen LogP contribution in [0.5, 0.6) is 0 Å². The minimum Gasteiger partial charge on any atom is -0.481 e. The zero-order chi connectivity index (χ0) is 12.3. The molecule has 1 rings (SSSR count). The molecule has 3 N–H and O–H groups in total. The first-order valence-corrected chi connectivity index (χ1v) is 4.61. The lowest BCUT2D eigenvalue weighted by molar-refractivity contribution is -0.141. The van der Waals surface area contributed by atoms with Crippen molar-refractivity contribution in [2.75, 3.05) is 0 Å². The number of aliphatic hydroxyl groups is 2. The number of hydrogen-bond donors (Lipinski definition) is 3. The maximum Gasteiger partial charge on any atom is 0.306 e. The molecule has 0 spiro atoms. The van der Waals surface area contributed by atoms with Crippen LogP contribution in [-0.4, -0.2) is 32.4 Å². The number of halogens is 1. The fraction of sp³-hybridized carbons (Fsp3) is 0.400. The van der Waals surface area contributed by atoms with Gasteiger partial charge in [0.1, 0.15) is 6.10 Å². The highest BCUT2D eigenvalue weighted by Gasteiger charge is 2.24. The molecular formula is C10H12FNO4. The van der Waals surface area contributed by atoms with Crippen LogP contribution in [0, 0.1) is 12.9 Å². The van der Waals surface area contributed by atoms with Crippen LogP contribution in [0.1, 0.15) is 23.7 Å². The number of carbonyl (C=O) groups is 1. The van der Waals surface area contributed by atoms with E-state index in [2.05, 4.69) is 4.98 Å². The zero-order valence-electron chi connectivity index (χ0n) is 8.59. The molecule has 0 saturated heterocycles. The van der Waals surface area contributed by atoms with Crippen molar-refractivity contribution < 1.29 is 24.5 Å². The van der Waals surface area contributed by atoms with Gasteiger partial charge in [0, 0.05) is 11.8 Å². The molecule has 0 aliphatic rings. The van der Waals surface area contributed by atoms with E-state index in [9.17, 15) is 19.4 Å². The maximum atomic E-state index is 13.2. The Morgan fingerprint density at radius 3 is 2.75 bits per heavy atom. The molecule has 1 aromatic heterocycles. The summed E-state index contributed by atoms with van der Waals surface area (Å²) in [5.41, 5.74) is 0.409. The molecule has 1 aromatic rings. The summed E-state index contributed by atoms with van der Waals surface area (Å²) in [6.45, 7) is 1.65. The first-order chi connectivity index (χ1) is 7.41. The Labute approximate surface area is 91.2 Å². The standard InChI is InChI=1S/C10H12FNO4/c1-5-2-6(10(11)12-4-5)9(16)7(13)3-8(14)15/h2,4,7,9,13,16H,3H2,1H3,(H,14,15). The van der Waals surface area contributed by atoms with Crippen molar-refractivity contribution in [2.24, 2.45) is 0 Å². The van der Waals surface area contributed by atoms with Gasteiger partial charge in [-0.25, -0.2) is 4.98 Å². The third-order valence-corrected chi connectivity index (χ3v) is 2.07. The molecule has 1 heterocycles. The fourth-order valence-corrected chi connectivity index (χ4v) is 1.28. The van der Waals surface area contributed by atoms with Gasteiger partial charge in [0.2, 0.25) is 5.95 Å². The Bertz CT molecular complexity index is 396. The molecule has 5 nitrogen and oxygen atoms in total. The summed E-state index contributed by atoms with van der Waals surface area (Å²) in [6.07, 6.45) is -2.54. The van der Waals surface area contributed by atoms with Crippen molar-refractivity contribution >= 4 is 5.97 Å². The molecule has 0 saturated carbocycles. The van der Waals surface area contributed by atoms with Crippen molar-refractivity contribution in [1.82, 2.24) is 4.98 Å². The highest BCUT2D eigenvalue weighted by molar-refractivity contribution is 5.67. The predicted octanol–water partition coefficient (Wildman–Crippen LogP) is 0.398. The second-order valence-corrected chi connectivity index (χ2v) is 3.50. The van der Waals surface area contributed by atoms with Gasteiger partial charge in [0.25, 0.3) is 0 Å². The van der Waals surface area contributed by atoms with Crippen molar-refractivity contribution in [3.63, 3.8) is 0 Å². The van der Waals surface area contributed by atoms with Crippen molar-refractivity contribution in [3.8, 4) is 0 Å². The summed E-state index contributed by atoms with van der Waals surface area (Å²) >= 11 is 0. The van der Waals surface area contributed by atoms with E-state index in [4.69, 9.17) is 5.11 Å². The molecule has 0 amide bonds. The summed E-state index contributed by atoms with van der Waals surface area (Å²) < 4.78 is 13.2. The lowest BCUT2D eigenvalue weighted by atomic mass is 10.0. The topological polar surface area (TPSA) is 90.7 Å². The fourth-order valence-electron chi connectivity index (χ4n) is 1.28. The minimum atomic E-state index is -1.59. The number of aliphatic hydroxyl groups excluding tert-OH is 2. The minimum absolute atomic E-state index is 0.200. The molecule has 88 valence electrons. The van der Waals surface area contributed by atoms with Crippen molar-refractivity contribution in [1.29, 1.82) is 0 Å². The second kappa shape index (κ2) is 5.00. The summed E-state index contributed by atoms with van der Waals surface area (Å²) in [4.78, 5) is 13.7. The third-order valence-electron chi connectivity index (χ3n) is 2.07. The van der Waals surface area contributed by atoms with Crippen LogP contribution < -0.4 is 0 Å². The van der Waals surface area contributed by atoms with E-state index in [0.29, 0.717) is 5.56 Å². The number of nitrogens with zero attached hydrogens (tertiary/aromatic N) is 1. The maximum absolute atomic E-state index is 13.2. The van der Waals surface area contributed by atoms with Crippen LogP contribution in [0.4, 0.5) is 4.39 Å². The van der Waals surface area contributed by atoms with Gasteiger partial charge in [-0.3, -0.25) is 4.79 Å². The highest BCUT2D eigenvalue weighted by Crippen LogP contribution is 2.21. The Balaban J connectivity index is 2.90. The average molecular weight is 229 g/mol. The normalized spacial score (nSPS) is 14.5. The number of rotatable bonds is 4. The Morgan fingerprint density at radius 1 is 1.56 bits per heavy atom. The molecule has 0 aromatic carbocycles. The summed E-state index contributed by atoms with van der Waals surface area (Å²) in [7, 11) is 0. The lowest BCUT2D eigenvalue weighted by Gasteiger charge is -2.16. The molecule has 0 fully saturated rings. The number of hydrogen-bond acceptors (Lipinski definition) is 4. The predicted molar refractivity (Wildman–Crippen MR) is 52.2 cm³/mol. The van der Waals surface area contributed by atoms with E-state index < -0.39 is 30.5 Å². The molecule has 0 radical (unpaired) electrons. The van der Waals surface area contributed by atoms with Crippen LogP contribution in [0.3, 0.4) is 0 Å². The average Bonchev–Trinajstić information content (AvgIpc) is 2.19. The Hall–Kier alpha value is -1.53. The van der Waals surface area contributed by atoms with Gasteiger partial charge in [-0.05, 0) is 18.6 Å². The van der Waals surface area contributed by atoms with Crippen LogP contribution in [0.15, 0.2) is 12.3 Å². The first kappa shape index (κ1) is 12.5. The van der Waals surface area contributed by atoms with Gasteiger partial charge < -0.3 is 15.3 Å². The Kier molecular flexibility index (Phi) is 3.92. The molecule has 2 atom stereocenters. The quantitative estimate of drug-likeness (QED) is 0.650. The van der Waals surface area contributed by atoms with Gasteiger partial charge in [0.15, 0.2) is 0 Å². The number of carboxylic acids is 1. The van der Waals surface area contributed by atoms with Crippen LogP contribution in [-0.2, 0) is 4.79 Å². The van der Waals surface area contributed by atoms with E-state index in [1.54, 1.807) is 6.92 Å². The largest absolute Gasteiger partial charge is 0.481 e. The highest BCUT2D eigenvalue weighted by atomic mass is 19.1. The molecule has 2 unspecified atom stereocenters. The van der Waals surface area contributed by atoms with E-state index >= 15 is 0 Å². The Morgan fingerprint density at radius 2 is 2.19 bits per heavy atom. The lowest BCUT2D eigenvalue weighted by Crippen LogP contribution is -2.23. The van der Waals surface area contributed by atoms with Gasteiger partial charge >= 0.3 is 5.97 Å². The molecule has 6 heteroatoms. The number of aryl methyl sites for hydroxylation is 1. The molecule has 0 aliphatic carbocycles. The van der Waals surface area contributed by atoms with E-state index in [1.807, 2.05) is 0 Å². The summed E-state index contributed by atoms with van der Waals surface area (Å²) in [5.74, 6) is -2.19. The van der Waals surface area contributed by atoms with Gasteiger partial charge in [-0.15, -0.1) is 0 Å². The van der Waals surface area contributed by atoms with Crippen molar-refractivity contribution in [3.05, 3.63) is 29.3 Å². The van der Waals surface area contributed by atoms with Gasteiger partial charge in [0.05, 0.1) is 12.5 Å². The smallest absolute Gasteiger partial charge is 0.306 e. The van der Waals surface area contributed by atoms with Crippen LogP contribution >= 0.6 is 0 Å². The third kappa shape index (κ3) is 2.98. The number of carboxylic acid groups (broad SMARTS) is 1. The number of pyridine rings is 1. The number of aromatic nitrogens is 1. The molecule has 0 bridgehead atoms. The van der Waals surface area contributed by atoms with Crippen molar-refractivity contribution in [2.45, 2.75) is 25.6 Å². The van der Waals surface area contributed by atoms with E-state index in [-0.39, 0.29) is 5.56 Å². The number of aliphatic carboxylic acids is 1. The molecule has 16 heavy (non-hydrogen) atoms. The first-order valence-electron chi connectivity index (χ1n) is 4.61. The summed E-state index contributed by atoms with van der Waals surface area (Å²) in [5, 5.41) is 27.3. The van der Waals surface area contributed by atoms with E-state index in [0.717, 1.165) is 0 Å². The molecule has 0 aliphatic heterocycles. The molecular weight excluding hydrogens is 217 g/mol. The SMILES string of the molecule is Cc1cnc(F)c(C(O)C(O)CC(=O)O)c1. The monoisotopic (exact) mass is 229 g/mol. The zero-order valence-corrected chi connectivity index (χ0v) is 8.59.